The van der Waals surface area contributed by atoms with E-state index in [1.807, 2.05) is 6.20 Å². The molecule has 6 rings (SSSR count). The lowest BCUT2D eigenvalue weighted by Gasteiger charge is -2.34. The highest BCUT2D eigenvalue weighted by Gasteiger charge is 2.39. The average molecular weight is 496 g/mol. The Bertz CT molecular complexity index is 1510. The number of benzene rings is 4. The largest absolute Gasteiger partial charge is 0.348 e. The van der Waals surface area contributed by atoms with Gasteiger partial charge in [-0.2, -0.15) is 0 Å². The second-order valence-corrected chi connectivity index (χ2v) is 11.0. The number of pyridine rings is 1. The molecule has 0 radical (unpaired) electrons. The molecular weight excluding hydrogens is 462 g/mol. The van der Waals surface area contributed by atoms with E-state index in [4.69, 9.17) is 4.98 Å². The SMILES string of the molecule is CN1c2ccccc2N(c2cc(C(C)(C)C)ccn2)C1c1c(-c2ccccc2)cccc1-c1ccccc1. The number of fused-ring (bicyclic) bond motifs is 1. The van der Waals surface area contributed by atoms with Gasteiger partial charge in [0.25, 0.3) is 0 Å². The first kappa shape index (κ1) is 24.0. The summed E-state index contributed by atoms with van der Waals surface area (Å²) in [6.07, 6.45) is 1.87. The van der Waals surface area contributed by atoms with E-state index < -0.39 is 0 Å². The Kier molecular flexibility index (Phi) is 6.00. The van der Waals surface area contributed by atoms with Crippen LogP contribution in [0.1, 0.15) is 38.1 Å². The molecule has 0 saturated carbocycles. The van der Waals surface area contributed by atoms with Crippen LogP contribution in [0.25, 0.3) is 22.3 Å². The molecule has 188 valence electrons. The van der Waals surface area contributed by atoms with Crippen LogP contribution in [0.2, 0.25) is 0 Å². The van der Waals surface area contributed by atoms with E-state index in [2.05, 4.69) is 153 Å². The summed E-state index contributed by atoms with van der Waals surface area (Å²) in [5.41, 5.74) is 9.81. The van der Waals surface area contributed by atoms with Gasteiger partial charge in [-0.05, 0) is 57.5 Å². The minimum absolute atomic E-state index is 0.0233. The van der Waals surface area contributed by atoms with Gasteiger partial charge in [-0.1, -0.05) is 112 Å². The topological polar surface area (TPSA) is 19.4 Å². The molecule has 0 fully saturated rings. The summed E-state index contributed by atoms with van der Waals surface area (Å²) < 4.78 is 0. The first-order valence-corrected chi connectivity index (χ1v) is 13.2. The molecule has 1 aliphatic rings. The minimum Gasteiger partial charge on any atom is -0.348 e. The van der Waals surface area contributed by atoms with Crippen LogP contribution in [0, 0.1) is 0 Å². The van der Waals surface area contributed by atoms with Crippen LogP contribution in [-0.2, 0) is 5.41 Å². The van der Waals surface area contributed by atoms with Crippen LogP contribution in [0.5, 0.6) is 0 Å². The van der Waals surface area contributed by atoms with Crippen LogP contribution in [0.15, 0.2) is 121 Å². The fraction of sp³-hybridized carbons (Fsp3) is 0.171. The number of anilines is 3. The highest BCUT2D eigenvalue weighted by atomic mass is 15.4. The highest BCUT2D eigenvalue weighted by Crippen LogP contribution is 2.52. The fourth-order valence-electron chi connectivity index (χ4n) is 5.57. The Hall–Kier alpha value is -4.37. The Labute approximate surface area is 226 Å². The van der Waals surface area contributed by atoms with Crippen molar-refractivity contribution in [2.75, 3.05) is 16.8 Å². The smallest absolute Gasteiger partial charge is 0.135 e. The van der Waals surface area contributed by atoms with Gasteiger partial charge in [-0.3, -0.25) is 4.90 Å². The number of hydrogen-bond acceptors (Lipinski definition) is 3. The van der Waals surface area contributed by atoms with Crippen molar-refractivity contribution in [3.05, 3.63) is 133 Å². The molecule has 3 heteroatoms. The standard InChI is InChI=1S/C35H33N3/c1-35(2,3)27-22-23-36-32(24-27)38-31-21-12-11-20-30(31)37(4)34(38)33-28(25-14-7-5-8-15-25)18-13-19-29(33)26-16-9-6-10-17-26/h5-24,34H,1-4H3. The number of para-hydroxylation sites is 2. The van der Waals surface area contributed by atoms with E-state index >= 15 is 0 Å². The Balaban J connectivity index is 1.65. The van der Waals surface area contributed by atoms with Crippen molar-refractivity contribution in [2.24, 2.45) is 0 Å². The van der Waals surface area contributed by atoms with Crippen LogP contribution < -0.4 is 9.80 Å². The van der Waals surface area contributed by atoms with Gasteiger partial charge in [0.05, 0.1) is 11.4 Å². The van der Waals surface area contributed by atoms with Gasteiger partial charge in [0.2, 0.25) is 0 Å². The summed E-state index contributed by atoms with van der Waals surface area (Å²) >= 11 is 0. The monoisotopic (exact) mass is 495 g/mol. The van der Waals surface area contributed by atoms with E-state index in [9.17, 15) is 0 Å². The molecule has 0 saturated heterocycles. The lowest BCUT2D eigenvalue weighted by molar-refractivity contribution is 0.588. The van der Waals surface area contributed by atoms with Crippen LogP contribution >= 0.6 is 0 Å². The lowest BCUT2D eigenvalue weighted by Crippen LogP contribution is -2.32. The molecule has 2 heterocycles. The van der Waals surface area contributed by atoms with Gasteiger partial charge < -0.3 is 4.90 Å². The number of aromatic nitrogens is 1. The molecule has 0 spiro atoms. The normalized spacial score (nSPS) is 15.0. The quantitative estimate of drug-likeness (QED) is 0.248. The zero-order valence-electron chi connectivity index (χ0n) is 22.5. The summed E-state index contributed by atoms with van der Waals surface area (Å²) in [7, 11) is 2.20. The van der Waals surface area contributed by atoms with Crippen molar-refractivity contribution in [1.29, 1.82) is 0 Å². The van der Waals surface area contributed by atoms with Gasteiger partial charge >= 0.3 is 0 Å². The molecule has 1 aromatic heterocycles. The Morgan fingerprint density at radius 3 is 1.76 bits per heavy atom. The molecule has 1 unspecified atom stereocenters. The predicted molar refractivity (Wildman–Crippen MR) is 160 cm³/mol. The highest BCUT2D eigenvalue weighted by molar-refractivity contribution is 5.88. The molecule has 3 nitrogen and oxygen atoms in total. The molecule has 0 aliphatic carbocycles. The maximum Gasteiger partial charge on any atom is 0.135 e. The summed E-state index contributed by atoms with van der Waals surface area (Å²) in [4.78, 5) is 9.76. The van der Waals surface area contributed by atoms with Crippen LogP contribution in [0.3, 0.4) is 0 Å². The average Bonchev–Trinajstić information content (AvgIpc) is 3.25. The molecule has 0 bridgehead atoms. The summed E-state index contributed by atoms with van der Waals surface area (Å²) in [6, 6.07) is 41.2. The van der Waals surface area contributed by atoms with Gasteiger partial charge in [-0.25, -0.2) is 4.98 Å². The van der Waals surface area contributed by atoms with Crippen molar-refractivity contribution in [3.8, 4) is 22.3 Å². The number of nitrogens with zero attached hydrogens (tertiary/aromatic N) is 3. The van der Waals surface area contributed by atoms with Gasteiger partial charge in [0.1, 0.15) is 12.0 Å². The van der Waals surface area contributed by atoms with E-state index in [0.717, 1.165) is 5.82 Å². The Morgan fingerprint density at radius 1 is 0.632 bits per heavy atom. The molecule has 0 N–H and O–H groups in total. The lowest BCUT2D eigenvalue weighted by atomic mass is 9.87. The van der Waals surface area contributed by atoms with E-state index in [1.54, 1.807) is 0 Å². The molecule has 4 aromatic carbocycles. The summed E-state index contributed by atoms with van der Waals surface area (Å²) in [5, 5.41) is 0. The summed E-state index contributed by atoms with van der Waals surface area (Å²) in [5.74, 6) is 0.959. The van der Waals surface area contributed by atoms with Crippen molar-refractivity contribution in [2.45, 2.75) is 32.4 Å². The van der Waals surface area contributed by atoms with Crippen LogP contribution in [-0.4, -0.2) is 12.0 Å². The third-order valence-electron chi connectivity index (χ3n) is 7.52. The van der Waals surface area contributed by atoms with Crippen molar-refractivity contribution < 1.29 is 0 Å². The third-order valence-corrected chi connectivity index (χ3v) is 7.52. The van der Waals surface area contributed by atoms with Crippen molar-refractivity contribution in [3.63, 3.8) is 0 Å². The second-order valence-electron chi connectivity index (χ2n) is 11.0. The molecule has 1 atom stereocenters. The molecular formula is C35H33N3. The summed E-state index contributed by atoms with van der Waals surface area (Å²) in [6.45, 7) is 6.77. The predicted octanol–water partition coefficient (Wildman–Crippen LogP) is 9.00. The number of hydrogen-bond donors (Lipinski definition) is 0. The molecule has 5 aromatic rings. The fourth-order valence-corrected chi connectivity index (χ4v) is 5.57. The minimum atomic E-state index is -0.0817. The van der Waals surface area contributed by atoms with Gasteiger partial charge in [-0.15, -0.1) is 0 Å². The Morgan fingerprint density at radius 2 is 1.18 bits per heavy atom. The van der Waals surface area contributed by atoms with Gasteiger partial charge in [0.15, 0.2) is 0 Å². The number of rotatable bonds is 4. The van der Waals surface area contributed by atoms with Crippen LogP contribution in [0.4, 0.5) is 17.2 Å². The third kappa shape index (κ3) is 4.14. The maximum absolute atomic E-state index is 4.95. The second kappa shape index (κ2) is 9.50. The van der Waals surface area contributed by atoms with E-state index in [0.29, 0.717) is 0 Å². The van der Waals surface area contributed by atoms with Crippen molar-refractivity contribution in [1.82, 2.24) is 4.98 Å². The molecule has 1 aliphatic heterocycles. The molecule has 0 amide bonds. The van der Waals surface area contributed by atoms with Gasteiger partial charge in [0, 0.05) is 18.8 Å². The zero-order chi connectivity index (χ0) is 26.3. The first-order chi connectivity index (χ1) is 18.4. The van der Waals surface area contributed by atoms with Crippen molar-refractivity contribution >= 4 is 17.2 Å². The first-order valence-electron chi connectivity index (χ1n) is 13.2. The zero-order valence-corrected chi connectivity index (χ0v) is 22.5. The van der Waals surface area contributed by atoms with E-state index in [1.165, 1.54) is 44.8 Å². The molecule has 38 heavy (non-hydrogen) atoms. The van der Waals surface area contributed by atoms with E-state index in [-0.39, 0.29) is 11.6 Å². The maximum atomic E-state index is 4.95.